The molecular formula is C14H19ClN2O. The van der Waals surface area contributed by atoms with E-state index >= 15 is 0 Å². The van der Waals surface area contributed by atoms with Crippen LogP contribution < -0.4 is 10.5 Å². The molecule has 0 amide bonds. The lowest BCUT2D eigenvalue weighted by Crippen LogP contribution is -2.09. The van der Waals surface area contributed by atoms with Crippen molar-refractivity contribution >= 4 is 23.3 Å². The Labute approximate surface area is 113 Å². The molecule has 3 N–H and O–H groups in total. The topological polar surface area (TPSA) is 51.0 Å². The van der Waals surface area contributed by atoms with Gasteiger partial charge in [0.2, 0.25) is 0 Å². The smallest absolute Gasteiger partial charge is 0.119 e. The summed E-state index contributed by atoms with van der Waals surface area (Å²) in [6.07, 6.45) is 2.77. The van der Waals surface area contributed by atoms with Gasteiger partial charge in [0, 0.05) is 23.1 Å². The summed E-state index contributed by atoms with van der Waals surface area (Å²) in [6, 6.07) is 5.94. The number of hydrogen-bond donors (Lipinski definition) is 2. The Hall–Kier alpha value is -1.45. The van der Waals surface area contributed by atoms with Gasteiger partial charge in [-0.3, -0.25) is 0 Å². The maximum Gasteiger partial charge on any atom is 0.119 e. The molecule has 98 valence electrons. The zero-order valence-corrected chi connectivity index (χ0v) is 11.5. The number of nitrogens with one attached hydrogen (secondary N) is 1. The first-order chi connectivity index (χ1) is 8.11. The van der Waals surface area contributed by atoms with Gasteiger partial charge in [-0.2, -0.15) is 0 Å². The summed E-state index contributed by atoms with van der Waals surface area (Å²) in [6.45, 7) is 5.90. The van der Waals surface area contributed by atoms with E-state index in [-0.39, 0.29) is 18.4 Å². The van der Waals surface area contributed by atoms with E-state index in [2.05, 4.69) is 11.6 Å². The van der Waals surface area contributed by atoms with Crippen molar-refractivity contribution < 1.29 is 4.74 Å². The maximum absolute atomic E-state index is 6.18. The van der Waals surface area contributed by atoms with Gasteiger partial charge < -0.3 is 15.5 Å². The van der Waals surface area contributed by atoms with Gasteiger partial charge in [0.05, 0.1) is 7.11 Å². The SMILES string of the molecule is C=C(C)C[C@H](N)c1c[nH]c2ccc(OC)cc12.Cl. The molecule has 2 aromatic rings. The number of fused-ring (bicyclic) bond motifs is 1. The van der Waals surface area contributed by atoms with Crippen molar-refractivity contribution in [3.05, 3.63) is 42.1 Å². The number of nitrogens with two attached hydrogens (primary N) is 1. The van der Waals surface area contributed by atoms with Crippen LogP contribution in [0.25, 0.3) is 10.9 Å². The molecule has 0 spiro atoms. The molecule has 3 nitrogen and oxygen atoms in total. The number of rotatable bonds is 4. The number of halogens is 1. The van der Waals surface area contributed by atoms with E-state index in [1.165, 1.54) is 0 Å². The van der Waals surface area contributed by atoms with Crippen LogP contribution in [-0.2, 0) is 0 Å². The first kappa shape index (κ1) is 14.6. The fourth-order valence-electron chi connectivity index (χ4n) is 2.04. The van der Waals surface area contributed by atoms with Crippen molar-refractivity contribution in [2.75, 3.05) is 7.11 Å². The quantitative estimate of drug-likeness (QED) is 0.832. The Morgan fingerprint density at radius 1 is 1.50 bits per heavy atom. The summed E-state index contributed by atoms with van der Waals surface area (Å²) < 4.78 is 5.24. The van der Waals surface area contributed by atoms with Gasteiger partial charge in [0.25, 0.3) is 0 Å². The van der Waals surface area contributed by atoms with Crippen molar-refractivity contribution in [2.24, 2.45) is 5.73 Å². The molecule has 1 aromatic heterocycles. The summed E-state index contributed by atoms with van der Waals surface area (Å²) in [5, 5.41) is 1.12. The molecule has 0 aliphatic rings. The number of aromatic amines is 1. The lowest BCUT2D eigenvalue weighted by molar-refractivity contribution is 0.415. The molecule has 0 aliphatic heterocycles. The molecule has 4 heteroatoms. The predicted octanol–water partition coefficient (Wildman–Crippen LogP) is 3.56. The van der Waals surface area contributed by atoms with E-state index in [0.717, 1.165) is 34.2 Å². The van der Waals surface area contributed by atoms with E-state index in [9.17, 15) is 0 Å². The maximum atomic E-state index is 6.18. The van der Waals surface area contributed by atoms with Crippen LogP contribution in [0.4, 0.5) is 0 Å². The highest BCUT2D eigenvalue weighted by Gasteiger charge is 2.12. The van der Waals surface area contributed by atoms with Crippen molar-refractivity contribution in [3.63, 3.8) is 0 Å². The van der Waals surface area contributed by atoms with Crippen LogP contribution in [0.1, 0.15) is 24.9 Å². The van der Waals surface area contributed by atoms with E-state index in [1.807, 2.05) is 31.3 Å². The average molecular weight is 267 g/mol. The summed E-state index contributed by atoms with van der Waals surface area (Å²) in [7, 11) is 1.67. The van der Waals surface area contributed by atoms with Crippen LogP contribution in [0, 0.1) is 0 Å². The van der Waals surface area contributed by atoms with Crippen LogP contribution in [-0.4, -0.2) is 12.1 Å². The van der Waals surface area contributed by atoms with Crippen molar-refractivity contribution in [1.29, 1.82) is 0 Å². The van der Waals surface area contributed by atoms with Crippen LogP contribution in [0.5, 0.6) is 5.75 Å². The largest absolute Gasteiger partial charge is 0.497 e. The Morgan fingerprint density at radius 3 is 2.83 bits per heavy atom. The van der Waals surface area contributed by atoms with Crippen molar-refractivity contribution in [1.82, 2.24) is 4.98 Å². The molecule has 2 rings (SSSR count). The minimum atomic E-state index is -0.0200. The predicted molar refractivity (Wildman–Crippen MR) is 78.5 cm³/mol. The molecule has 1 atom stereocenters. The monoisotopic (exact) mass is 266 g/mol. The molecule has 0 fully saturated rings. The number of H-pyrrole nitrogens is 1. The second-order valence-electron chi connectivity index (χ2n) is 4.42. The fraction of sp³-hybridized carbons (Fsp3) is 0.286. The molecule has 0 saturated carbocycles. The molecule has 0 radical (unpaired) electrons. The van der Waals surface area contributed by atoms with Gasteiger partial charge in [0.1, 0.15) is 5.75 Å². The van der Waals surface area contributed by atoms with E-state index in [1.54, 1.807) is 7.11 Å². The summed E-state index contributed by atoms with van der Waals surface area (Å²) in [5.74, 6) is 0.848. The number of benzene rings is 1. The first-order valence-corrected chi connectivity index (χ1v) is 5.67. The average Bonchev–Trinajstić information content (AvgIpc) is 2.70. The van der Waals surface area contributed by atoms with Gasteiger partial charge in [-0.25, -0.2) is 0 Å². The Balaban J connectivity index is 0.00000162. The van der Waals surface area contributed by atoms with E-state index in [4.69, 9.17) is 10.5 Å². The number of methoxy groups -OCH3 is 1. The van der Waals surface area contributed by atoms with E-state index < -0.39 is 0 Å². The highest BCUT2D eigenvalue weighted by atomic mass is 35.5. The van der Waals surface area contributed by atoms with Gasteiger partial charge in [-0.15, -0.1) is 19.0 Å². The molecule has 1 aromatic carbocycles. The normalized spacial score (nSPS) is 11.9. The molecule has 0 unspecified atom stereocenters. The lowest BCUT2D eigenvalue weighted by atomic mass is 10.0. The molecule has 18 heavy (non-hydrogen) atoms. The molecule has 1 heterocycles. The molecule has 0 saturated heterocycles. The van der Waals surface area contributed by atoms with Gasteiger partial charge >= 0.3 is 0 Å². The minimum Gasteiger partial charge on any atom is -0.497 e. The summed E-state index contributed by atoms with van der Waals surface area (Å²) >= 11 is 0. The van der Waals surface area contributed by atoms with Crippen molar-refractivity contribution in [3.8, 4) is 5.75 Å². The lowest BCUT2D eigenvalue weighted by Gasteiger charge is -2.10. The second-order valence-corrected chi connectivity index (χ2v) is 4.42. The fourth-order valence-corrected chi connectivity index (χ4v) is 2.04. The van der Waals surface area contributed by atoms with Crippen molar-refractivity contribution in [2.45, 2.75) is 19.4 Å². The summed E-state index contributed by atoms with van der Waals surface area (Å²) in [4.78, 5) is 3.23. The Morgan fingerprint density at radius 2 is 2.22 bits per heavy atom. The molecular weight excluding hydrogens is 248 g/mol. The third-order valence-electron chi connectivity index (χ3n) is 2.89. The minimum absolute atomic E-state index is 0. The van der Waals surface area contributed by atoms with Gasteiger partial charge in [0.15, 0.2) is 0 Å². The third kappa shape index (κ3) is 2.86. The highest BCUT2D eigenvalue weighted by molar-refractivity contribution is 5.85. The standard InChI is InChI=1S/C14H18N2O.ClH/c1-9(2)6-13(15)12-8-16-14-5-4-10(17-3)7-11(12)14;/h4-5,7-8,13,16H,1,6,15H2,2-3H3;1H/t13-;/m0./s1. The number of aromatic nitrogens is 1. The van der Waals surface area contributed by atoms with Crippen LogP contribution in [0.2, 0.25) is 0 Å². The zero-order valence-electron chi connectivity index (χ0n) is 10.7. The zero-order chi connectivity index (χ0) is 12.4. The van der Waals surface area contributed by atoms with Gasteiger partial charge in [-0.05, 0) is 37.1 Å². The first-order valence-electron chi connectivity index (χ1n) is 5.67. The van der Waals surface area contributed by atoms with Crippen LogP contribution >= 0.6 is 12.4 Å². The Kier molecular flexibility index (Phi) is 4.82. The molecule has 0 bridgehead atoms. The van der Waals surface area contributed by atoms with Crippen LogP contribution in [0.15, 0.2) is 36.5 Å². The Bertz CT molecular complexity index is 548. The van der Waals surface area contributed by atoms with Crippen LogP contribution in [0.3, 0.4) is 0 Å². The molecule has 0 aliphatic carbocycles. The second kappa shape index (κ2) is 5.94. The van der Waals surface area contributed by atoms with E-state index in [0.29, 0.717) is 0 Å². The van der Waals surface area contributed by atoms with Gasteiger partial charge in [-0.1, -0.05) is 5.57 Å². The number of ether oxygens (including phenoxy) is 1. The highest BCUT2D eigenvalue weighted by Crippen LogP contribution is 2.29. The number of hydrogen-bond acceptors (Lipinski definition) is 2. The summed E-state index contributed by atoms with van der Waals surface area (Å²) in [5.41, 5.74) is 9.46. The third-order valence-corrected chi connectivity index (χ3v) is 2.89.